The van der Waals surface area contributed by atoms with Crippen LogP contribution in [0.4, 0.5) is 0 Å². The fourth-order valence-electron chi connectivity index (χ4n) is 2.33. The van der Waals surface area contributed by atoms with E-state index in [1.165, 1.54) is 13.0 Å². The quantitative estimate of drug-likeness (QED) is 0.702. The van der Waals surface area contributed by atoms with E-state index >= 15 is 0 Å². The lowest BCUT2D eigenvalue weighted by Gasteiger charge is -2.29. The van der Waals surface area contributed by atoms with Gasteiger partial charge in [0, 0.05) is 32.3 Å². The number of hydrogen-bond acceptors (Lipinski definition) is 3. The molecule has 1 rings (SSSR count). The summed E-state index contributed by atoms with van der Waals surface area (Å²) in [5, 5.41) is 0. The van der Waals surface area contributed by atoms with Crippen molar-refractivity contribution in [3.05, 3.63) is 0 Å². The average molecular weight is 186 g/mol. The zero-order valence-corrected chi connectivity index (χ0v) is 8.99. The standard InChI is InChI=1S/C10H22N2O/c1-8-4-9(2)12(6-8)10(5-11)7-13-3/h8-10H,4-7,11H2,1-3H3. The van der Waals surface area contributed by atoms with Gasteiger partial charge in [-0.15, -0.1) is 0 Å². The third kappa shape index (κ3) is 2.66. The lowest BCUT2D eigenvalue weighted by molar-refractivity contribution is 0.0888. The number of likely N-dealkylation sites (tertiary alicyclic amines) is 1. The van der Waals surface area contributed by atoms with Gasteiger partial charge in [-0.3, -0.25) is 4.90 Å². The molecule has 1 saturated heterocycles. The molecule has 2 N–H and O–H groups in total. The molecule has 0 aromatic carbocycles. The number of nitrogens with two attached hydrogens (primary N) is 1. The minimum Gasteiger partial charge on any atom is -0.383 e. The Morgan fingerprint density at radius 2 is 2.23 bits per heavy atom. The van der Waals surface area contributed by atoms with E-state index in [9.17, 15) is 0 Å². The third-order valence-electron chi connectivity index (χ3n) is 2.93. The van der Waals surface area contributed by atoms with E-state index < -0.39 is 0 Å². The molecule has 0 aromatic rings. The SMILES string of the molecule is COCC(CN)N1CC(C)CC1C. The van der Waals surface area contributed by atoms with Gasteiger partial charge in [-0.05, 0) is 19.3 Å². The van der Waals surface area contributed by atoms with Crippen LogP contribution < -0.4 is 5.73 Å². The van der Waals surface area contributed by atoms with Crippen molar-refractivity contribution >= 4 is 0 Å². The molecule has 0 radical (unpaired) electrons. The van der Waals surface area contributed by atoms with Gasteiger partial charge in [0.1, 0.15) is 0 Å². The number of nitrogens with zero attached hydrogens (tertiary/aromatic N) is 1. The summed E-state index contributed by atoms with van der Waals surface area (Å²) in [7, 11) is 1.74. The van der Waals surface area contributed by atoms with E-state index in [1.807, 2.05) is 0 Å². The van der Waals surface area contributed by atoms with Crippen LogP contribution in [0.25, 0.3) is 0 Å². The predicted octanol–water partition coefficient (Wildman–Crippen LogP) is 0.690. The molecule has 1 fully saturated rings. The van der Waals surface area contributed by atoms with Gasteiger partial charge < -0.3 is 10.5 Å². The highest BCUT2D eigenvalue weighted by Crippen LogP contribution is 2.24. The molecule has 0 amide bonds. The Balaban J connectivity index is 2.48. The van der Waals surface area contributed by atoms with Crippen molar-refractivity contribution in [3.63, 3.8) is 0 Å². The second-order valence-electron chi connectivity index (χ2n) is 4.23. The van der Waals surface area contributed by atoms with Crippen LogP contribution in [0.3, 0.4) is 0 Å². The molecule has 0 aromatic heterocycles. The smallest absolute Gasteiger partial charge is 0.0630 e. The van der Waals surface area contributed by atoms with Crippen LogP contribution in [0.15, 0.2) is 0 Å². The van der Waals surface area contributed by atoms with Crippen molar-refractivity contribution in [2.75, 3.05) is 26.8 Å². The molecule has 0 aliphatic carbocycles. The minimum atomic E-state index is 0.407. The fourth-order valence-corrected chi connectivity index (χ4v) is 2.33. The monoisotopic (exact) mass is 186 g/mol. The van der Waals surface area contributed by atoms with Crippen LogP contribution in [0.5, 0.6) is 0 Å². The Bertz CT molecular complexity index is 152. The lowest BCUT2D eigenvalue weighted by atomic mass is 10.1. The first-order valence-corrected chi connectivity index (χ1v) is 5.13. The first-order chi connectivity index (χ1) is 6.19. The Morgan fingerprint density at radius 1 is 1.54 bits per heavy atom. The fraction of sp³-hybridized carbons (Fsp3) is 1.00. The van der Waals surface area contributed by atoms with Gasteiger partial charge in [0.05, 0.1) is 6.61 Å². The Morgan fingerprint density at radius 3 is 2.62 bits per heavy atom. The molecule has 1 aliphatic rings. The molecule has 0 saturated carbocycles. The maximum Gasteiger partial charge on any atom is 0.0630 e. The highest BCUT2D eigenvalue weighted by atomic mass is 16.5. The number of rotatable bonds is 4. The van der Waals surface area contributed by atoms with E-state index in [0.717, 1.165) is 12.5 Å². The third-order valence-corrected chi connectivity index (χ3v) is 2.93. The van der Waals surface area contributed by atoms with Crippen molar-refractivity contribution < 1.29 is 4.74 Å². The highest BCUT2D eigenvalue weighted by Gasteiger charge is 2.30. The lowest BCUT2D eigenvalue weighted by Crippen LogP contribution is -2.45. The van der Waals surface area contributed by atoms with Gasteiger partial charge in [-0.2, -0.15) is 0 Å². The van der Waals surface area contributed by atoms with Gasteiger partial charge in [0.15, 0.2) is 0 Å². The maximum absolute atomic E-state index is 5.72. The Kier molecular flexibility index (Phi) is 4.16. The van der Waals surface area contributed by atoms with Gasteiger partial charge in [0.25, 0.3) is 0 Å². The molecule has 13 heavy (non-hydrogen) atoms. The predicted molar refractivity (Wildman–Crippen MR) is 54.7 cm³/mol. The summed E-state index contributed by atoms with van der Waals surface area (Å²) in [5.74, 6) is 0.806. The molecule has 1 heterocycles. The summed E-state index contributed by atoms with van der Waals surface area (Å²) >= 11 is 0. The number of ether oxygens (including phenoxy) is 1. The summed E-state index contributed by atoms with van der Waals surface area (Å²) in [6.45, 7) is 7.21. The molecule has 3 nitrogen and oxygen atoms in total. The van der Waals surface area contributed by atoms with Crippen LogP contribution in [0.1, 0.15) is 20.3 Å². The van der Waals surface area contributed by atoms with E-state index in [-0.39, 0.29) is 0 Å². The molecule has 1 aliphatic heterocycles. The largest absolute Gasteiger partial charge is 0.383 e. The van der Waals surface area contributed by atoms with Crippen LogP contribution >= 0.6 is 0 Å². The van der Waals surface area contributed by atoms with E-state index in [0.29, 0.717) is 18.6 Å². The minimum absolute atomic E-state index is 0.407. The van der Waals surface area contributed by atoms with Crippen molar-refractivity contribution in [2.45, 2.75) is 32.4 Å². The first-order valence-electron chi connectivity index (χ1n) is 5.13. The first kappa shape index (κ1) is 11.0. The molecule has 0 bridgehead atoms. The van der Waals surface area contributed by atoms with Crippen molar-refractivity contribution in [1.82, 2.24) is 4.90 Å². The second kappa shape index (κ2) is 4.94. The molecule has 3 heteroatoms. The summed E-state index contributed by atoms with van der Waals surface area (Å²) in [5.41, 5.74) is 5.72. The molecular formula is C10H22N2O. The molecule has 0 spiro atoms. The number of methoxy groups -OCH3 is 1. The van der Waals surface area contributed by atoms with Crippen molar-refractivity contribution in [3.8, 4) is 0 Å². The Hall–Kier alpha value is -0.120. The zero-order chi connectivity index (χ0) is 9.84. The van der Waals surface area contributed by atoms with Gasteiger partial charge in [-0.1, -0.05) is 6.92 Å². The van der Waals surface area contributed by atoms with Crippen LogP contribution in [0, 0.1) is 5.92 Å². The molecule has 3 atom stereocenters. The van der Waals surface area contributed by atoms with Gasteiger partial charge in [-0.25, -0.2) is 0 Å². The highest BCUT2D eigenvalue weighted by molar-refractivity contribution is 4.85. The maximum atomic E-state index is 5.72. The molecular weight excluding hydrogens is 164 g/mol. The molecule has 3 unspecified atom stereocenters. The van der Waals surface area contributed by atoms with Crippen LogP contribution in [0.2, 0.25) is 0 Å². The zero-order valence-electron chi connectivity index (χ0n) is 8.99. The molecule has 78 valence electrons. The van der Waals surface area contributed by atoms with Crippen LogP contribution in [-0.4, -0.2) is 43.8 Å². The summed E-state index contributed by atoms with van der Waals surface area (Å²) in [6.07, 6.45) is 1.29. The van der Waals surface area contributed by atoms with Gasteiger partial charge in [0.2, 0.25) is 0 Å². The average Bonchev–Trinajstić information content (AvgIpc) is 2.41. The van der Waals surface area contributed by atoms with Gasteiger partial charge >= 0.3 is 0 Å². The summed E-state index contributed by atoms with van der Waals surface area (Å²) in [6, 6.07) is 1.07. The number of hydrogen-bond donors (Lipinski definition) is 1. The van der Waals surface area contributed by atoms with Crippen molar-refractivity contribution in [1.29, 1.82) is 0 Å². The topological polar surface area (TPSA) is 38.5 Å². The normalized spacial score (nSPS) is 32.3. The van der Waals surface area contributed by atoms with E-state index in [4.69, 9.17) is 10.5 Å². The van der Waals surface area contributed by atoms with Crippen molar-refractivity contribution in [2.24, 2.45) is 11.7 Å². The summed E-state index contributed by atoms with van der Waals surface area (Å²) < 4.78 is 5.17. The second-order valence-corrected chi connectivity index (χ2v) is 4.23. The van der Waals surface area contributed by atoms with E-state index in [1.54, 1.807) is 7.11 Å². The summed E-state index contributed by atoms with van der Waals surface area (Å²) in [4.78, 5) is 2.48. The van der Waals surface area contributed by atoms with E-state index in [2.05, 4.69) is 18.7 Å². The van der Waals surface area contributed by atoms with Crippen LogP contribution in [-0.2, 0) is 4.74 Å². The Labute approximate surface area is 81.2 Å².